The Morgan fingerprint density at radius 1 is 1.11 bits per heavy atom. The van der Waals surface area contributed by atoms with Crippen molar-refractivity contribution in [3.63, 3.8) is 0 Å². The lowest BCUT2D eigenvalue weighted by molar-refractivity contribution is 0.0364. The van der Waals surface area contributed by atoms with Gasteiger partial charge in [-0.25, -0.2) is 14.4 Å². The van der Waals surface area contributed by atoms with E-state index in [-0.39, 0.29) is 11.9 Å². The van der Waals surface area contributed by atoms with Gasteiger partial charge in [0.1, 0.15) is 11.9 Å². The first kappa shape index (κ1) is 18.5. The van der Waals surface area contributed by atoms with Gasteiger partial charge in [0, 0.05) is 30.6 Å². The molecule has 5 nitrogen and oxygen atoms in total. The minimum atomic E-state index is -0.189. The molecule has 0 bridgehead atoms. The molecule has 1 aromatic carbocycles. The second-order valence-corrected chi connectivity index (χ2v) is 7.12. The van der Waals surface area contributed by atoms with Gasteiger partial charge < -0.3 is 9.64 Å². The van der Waals surface area contributed by atoms with E-state index in [9.17, 15) is 4.39 Å². The summed E-state index contributed by atoms with van der Waals surface area (Å²) in [6, 6.07) is 12.8. The Balaban J connectivity index is 1.47. The van der Waals surface area contributed by atoms with Crippen LogP contribution in [0.3, 0.4) is 0 Å². The van der Waals surface area contributed by atoms with E-state index in [0.717, 1.165) is 35.1 Å². The van der Waals surface area contributed by atoms with E-state index >= 15 is 0 Å². The van der Waals surface area contributed by atoms with Crippen molar-refractivity contribution in [2.75, 3.05) is 24.6 Å². The quantitative estimate of drug-likeness (QED) is 0.691. The van der Waals surface area contributed by atoms with Crippen LogP contribution in [0.1, 0.15) is 34.3 Å². The third-order valence-corrected chi connectivity index (χ3v) is 4.85. The molecule has 0 saturated carbocycles. The van der Waals surface area contributed by atoms with Crippen LogP contribution in [0.25, 0.3) is 0 Å². The number of benzene rings is 1. The molecular formula is C22H23FN4O. The van der Waals surface area contributed by atoms with Crippen LogP contribution in [0.4, 0.5) is 10.3 Å². The summed E-state index contributed by atoms with van der Waals surface area (Å²) in [5, 5.41) is 0. The third kappa shape index (κ3) is 4.17. The van der Waals surface area contributed by atoms with E-state index in [0.29, 0.717) is 25.1 Å². The molecule has 28 heavy (non-hydrogen) atoms. The molecule has 4 rings (SSSR count). The first-order valence-corrected chi connectivity index (χ1v) is 9.45. The Morgan fingerprint density at radius 3 is 2.61 bits per heavy atom. The SMILES string of the molecule is Cc1cc(C)nc(N2CCO[C@@H](c3ccc(Cc4ccccc4F)cn3)C2)n1. The highest BCUT2D eigenvalue weighted by atomic mass is 19.1. The highest BCUT2D eigenvalue weighted by Crippen LogP contribution is 2.24. The van der Waals surface area contributed by atoms with Crippen LogP contribution in [0.15, 0.2) is 48.7 Å². The molecule has 2 aromatic heterocycles. The van der Waals surface area contributed by atoms with E-state index in [1.165, 1.54) is 6.07 Å². The predicted molar refractivity (Wildman–Crippen MR) is 106 cm³/mol. The maximum absolute atomic E-state index is 13.8. The molecule has 6 heteroatoms. The Labute approximate surface area is 164 Å². The van der Waals surface area contributed by atoms with Crippen molar-refractivity contribution in [3.8, 4) is 0 Å². The summed E-state index contributed by atoms with van der Waals surface area (Å²) >= 11 is 0. The van der Waals surface area contributed by atoms with Crippen LogP contribution in [0, 0.1) is 19.7 Å². The van der Waals surface area contributed by atoms with Crippen molar-refractivity contribution in [3.05, 3.63) is 82.7 Å². The zero-order valence-corrected chi connectivity index (χ0v) is 16.1. The number of morpholine rings is 1. The van der Waals surface area contributed by atoms with Crippen LogP contribution in [-0.4, -0.2) is 34.6 Å². The average Bonchev–Trinajstić information content (AvgIpc) is 2.70. The van der Waals surface area contributed by atoms with Crippen LogP contribution < -0.4 is 4.90 Å². The second-order valence-electron chi connectivity index (χ2n) is 7.12. The molecule has 144 valence electrons. The van der Waals surface area contributed by atoms with Gasteiger partial charge in [-0.3, -0.25) is 4.98 Å². The summed E-state index contributed by atoms with van der Waals surface area (Å²) in [7, 11) is 0. The number of aryl methyl sites for hydroxylation is 2. The fourth-order valence-electron chi connectivity index (χ4n) is 3.45. The summed E-state index contributed by atoms with van der Waals surface area (Å²) < 4.78 is 19.8. The van der Waals surface area contributed by atoms with Gasteiger partial charge in [-0.15, -0.1) is 0 Å². The van der Waals surface area contributed by atoms with Crippen LogP contribution in [-0.2, 0) is 11.2 Å². The van der Waals surface area contributed by atoms with Crippen LogP contribution in [0.5, 0.6) is 0 Å². The first-order chi connectivity index (χ1) is 13.6. The van der Waals surface area contributed by atoms with E-state index in [4.69, 9.17) is 4.74 Å². The standard InChI is InChI=1S/C22H23FN4O/c1-15-11-16(2)26-22(25-15)27-9-10-28-21(14-27)20-8-7-17(13-24-20)12-18-5-3-4-6-19(18)23/h3-8,11,13,21H,9-10,12,14H2,1-2H3/t21-/m1/s1. The molecule has 0 spiro atoms. The monoisotopic (exact) mass is 378 g/mol. The van der Waals surface area contributed by atoms with Crippen molar-refractivity contribution < 1.29 is 9.13 Å². The molecule has 0 unspecified atom stereocenters. The average molecular weight is 378 g/mol. The van der Waals surface area contributed by atoms with Crippen molar-refractivity contribution in [1.29, 1.82) is 0 Å². The zero-order valence-electron chi connectivity index (χ0n) is 16.1. The maximum atomic E-state index is 13.8. The number of anilines is 1. The number of hydrogen-bond acceptors (Lipinski definition) is 5. The van der Waals surface area contributed by atoms with Gasteiger partial charge in [0.05, 0.1) is 18.8 Å². The van der Waals surface area contributed by atoms with Crippen LogP contribution >= 0.6 is 0 Å². The first-order valence-electron chi connectivity index (χ1n) is 9.45. The number of rotatable bonds is 4. The smallest absolute Gasteiger partial charge is 0.225 e. The summed E-state index contributed by atoms with van der Waals surface area (Å²) in [5.41, 5.74) is 4.43. The molecule has 3 heterocycles. The summed E-state index contributed by atoms with van der Waals surface area (Å²) in [6.45, 7) is 5.96. The Morgan fingerprint density at radius 2 is 1.89 bits per heavy atom. The highest BCUT2D eigenvalue weighted by Gasteiger charge is 2.25. The Hall–Kier alpha value is -2.86. The molecule has 0 aliphatic carbocycles. The number of hydrogen-bond donors (Lipinski definition) is 0. The zero-order chi connectivity index (χ0) is 19.5. The summed E-state index contributed by atoms with van der Waals surface area (Å²) in [6.07, 6.45) is 2.19. The van der Waals surface area contributed by atoms with Gasteiger partial charge in [-0.1, -0.05) is 24.3 Å². The van der Waals surface area contributed by atoms with Gasteiger partial charge in [0.2, 0.25) is 5.95 Å². The molecule has 1 aliphatic rings. The fraction of sp³-hybridized carbons (Fsp3) is 0.318. The van der Waals surface area contributed by atoms with Gasteiger partial charge >= 0.3 is 0 Å². The normalized spacial score (nSPS) is 17.0. The minimum Gasteiger partial charge on any atom is -0.368 e. The lowest BCUT2D eigenvalue weighted by atomic mass is 10.1. The maximum Gasteiger partial charge on any atom is 0.225 e. The second kappa shape index (κ2) is 8.02. The van der Waals surface area contributed by atoms with Crippen molar-refractivity contribution in [2.24, 2.45) is 0 Å². The van der Waals surface area contributed by atoms with Crippen molar-refractivity contribution in [1.82, 2.24) is 15.0 Å². The number of halogens is 1. The van der Waals surface area contributed by atoms with Crippen molar-refractivity contribution >= 4 is 5.95 Å². The molecule has 0 amide bonds. The largest absolute Gasteiger partial charge is 0.368 e. The Kier molecular flexibility index (Phi) is 5.30. The highest BCUT2D eigenvalue weighted by molar-refractivity contribution is 5.34. The predicted octanol–water partition coefficient (Wildman–Crippen LogP) is 3.80. The van der Waals surface area contributed by atoms with E-state index < -0.39 is 0 Å². The topological polar surface area (TPSA) is 51.1 Å². The van der Waals surface area contributed by atoms with E-state index in [2.05, 4.69) is 19.9 Å². The van der Waals surface area contributed by atoms with Crippen molar-refractivity contribution in [2.45, 2.75) is 26.4 Å². The van der Waals surface area contributed by atoms with Gasteiger partial charge in [-0.05, 0) is 43.2 Å². The molecule has 1 fully saturated rings. The molecule has 0 N–H and O–H groups in total. The molecular weight excluding hydrogens is 355 g/mol. The van der Waals surface area contributed by atoms with Gasteiger partial charge in [0.15, 0.2) is 0 Å². The summed E-state index contributed by atoms with van der Waals surface area (Å²) in [5.74, 6) is 0.549. The Bertz CT molecular complexity index is 941. The van der Waals surface area contributed by atoms with E-state index in [1.807, 2.05) is 38.1 Å². The number of aromatic nitrogens is 3. The lowest BCUT2D eigenvalue weighted by Gasteiger charge is -2.33. The van der Waals surface area contributed by atoms with E-state index in [1.54, 1.807) is 18.3 Å². The fourth-order valence-corrected chi connectivity index (χ4v) is 3.45. The molecule has 1 atom stereocenters. The summed E-state index contributed by atoms with van der Waals surface area (Å²) in [4.78, 5) is 15.8. The lowest BCUT2D eigenvalue weighted by Crippen LogP contribution is -2.39. The number of nitrogens with zero attached hydrogens (tertiary/aromatic N) is 4. The minimum absolute atomic E-state index is 0.138. The number of ether oxygens (including phenoxy) is 1. The van der Waals surface area contributed by atoms with Gasteiger partial charge in [-0.2, -0.15) is 0 Å². The molecule has 1 aliphatic heterocycles. The molecule has 3 aromatic rings. The third-order valence-electron chi connectivity index (χ3n) is 4.85. The molecule has 0 radical (unpaired) electrons. The van der Waals surface area contributed by atoms with Crippen LogP contribution in [0.2, 0.25) is 0 Å². The molecule has 1 saturated heterocycles. The number of pyridine rings is 1. The van der Waals surface area contributed by atoms with Gasteiger partial charge in [0.25, 0.3) is 0 Å².